The Bertz CT molecular complexity index is 752. The van der Waals surface area contributed by atoms with Crippen molar-refractivity contribution in [1.29, 1.82) is 0 Å². The van der Waals surface area contributed by atoms with Crippen molar-refractivity contribution in [2.24, 2.45) is 0 Å². The van der Waals surface area contributed by atoms with Crippen LogP contribution in [0.15, 0.2) is 40.2 Å². The quantitative estimate of drug-likeness (QED) is 0.711. The number of thiophene rings is 1. The Kier molecular flexibility index (Phi) is 6.44. The van der Waals surface area contributed by atoms with Gasteiger partial charge in [-0.1, -0.05) is 22.0 Å². The maximum Gasteiger partial charge on any atom is 0.325 e. The van der Waals surface area contributed by atoms with Crippen LogP contribution < -0.4 is 10.6 Å². The van der Waals surface area contributed by atoms with Crippen molar-refractivity contribution in [2.75, 3.05) is 18.5 Å². The van der Waals surface area contributed by atoms with Crippen molar-refractivity contribution in [3.8, 4) is 0 Å². The summed E-state index contributed by atoms with van der Waals surface area (Å²) in [7, 11) is 0. The lowest BCUT2D eigenvalue weighted by Gasteiger charge is -2.08. The second-order valence-corrected chi connectivity index (χ2v) is 6.36. The Morgan fingerprint density at radius 2 is 2.04 bits per heavy atom. The zero-order valence-corrected chi connectivity index (χ0v) is 14.6. The molecule has 0 aliphatic heterocycles. The fraction of sp³-hybridized carbons (Fsp3) is 0.133. The number of benzene rings is 1. The first-order valence-corrected chi connectivity index (χ1v) is 8.35. The summed E-state index contributed by atoms with van der Waals surface area (Å²) in [6, 6.07) is 7.46. The van der Waals surface area contributed by atoms with Crippen LogP contribution in [-0.2, 0) is 14.3 Å². The summed E-state index contributed by atoms with van der Waals surface area (Å²) in [6.07, 6.45) is 0. The predicted molar refractivity (Wildman–Crippen MR) is 90.3 cm³/mol. The van der Waals surface area contributed by atoms with Gasteiger partial charge in [-0.3, -0.25) is 14.4 Å². The molecule has 24 heavy (non-hydrogen) atoms. The molecule has 9 heteroatoms. The largest absolute Gasteiger partial charge is 0.454 e. The van der Waals surface area contributed by atoms with Gasteiger partial charge in [-0.25, -0.2) is 4.39 Å². The molecule has 0 radical (unpaired) electrons. The highest BCUT2D eigenvalue weighted by Gasteiger charge is 2.12. The molecule has 0 atom stereocenters. The van der Waals surface area contributed by atoms with Crippen molar-refractivity contribution in [2.45, 2.75) is 0 Å². The third-order valence-corrected chi connectivity index (χ3v) is 4.07. The van der Waals surface area contributed by atoms with Crippen LogP contribution in [0, 0.1) is 5.82 Å². The predicted octanol–water partition coefficient (Wildman–Crippen LogP) is 2.56. The Labute approximate surface area is 149 Å². The molecule has 2 N–H and O–H groups in total. The third-order valence-electron chi connectivity index (χ3n) is 2.71. The summed E-state index contributed by atoms with van der Waals surface area (Å²) in [4.78, 5) is 35.2. The molecule has 126 valence electrons. The van der Waals surface area contributed by atoms with E-state index in [2.05, 4.69) is 26.6 Å². The van der Waals surface area contributed by atoms with E-state index in [0.29, 0.717) is 9.35 Å². The number of carbonyl (C=O) groups excluding carboxylic acids is 3. The van der Waals surface area contributed by atoms with E-state index in [-0.39, 0.29) is 12.2 Å². The minimum Gasteiger partial charge on any atom is -0.454 e. The monoisotopic (exact) mass is 414 g/mol. The number of nitrogens with one attached hydrogen (secondary N) is 2. The second-order valence-electron chi connectivity index (χ2n) is 4.49. The van der Waals surface area contributed by atoms with Gasteiger partial charge in [-0.15, -0.1) is 11.3 Å². The van der Waals surface area contributed by atoms with Gasteiger partial charge in [-0.2, -0.15) is 0 Å². The van der Waals surface area contributed by atoms with Crippen molar-refractivity contribution >= 4 is 50.7 Å². The fourth-order valence-corrected chi connectivity index (χ4v) is 2.59. The van der Waals surface area contributed by atoms with Gasteiger partial charge >= 0.3 is 5.97 Å². The SMILES string of the molecule is O=C(COC(=O)CNC(=O)c1cccs1)Nc1ccc(Br)cc1F. The average Bonchev–Trinajstić information content (AvgIpc) is 3.08. The van der Waals surface area contributed by atoms with Crippen LogP contribution in [-0.4, -0.2) is 30.9 Å². The lowest BCUT2D eigenvalue weighted by Crippen LogP contribution is -2.31. The fourth-order valence-electron chi connectivity index (χ4n) is 1.62. The number of ether oxygens (including phenoxy) is 1. The molecule has 0 spiro atoms. The van der Waals surface area contributed by atoms with Gasteiger partial charge in [0.05, 0.1) is 10.6 Å². The number of amides is 2. The van der Waals surface area contributed by atoms with Crippen LogP contribution in [0.3, 0.4) is 0 Å². The van der Waals surface area contributed by atoms with E-state index in [1.165, 1.54) is 23.5 Å². The Morgan fingerprint density at radius 1 is 1.25 bits per heavy atom. The molecule has 0 aliphatic rings. The molecule has 1 aromatic carbocycles. The van der Waals surface area contributed by atoms with Crippen LogP contribution in [0.1, 0.15) is 9.67 Å². The molecule has 0 aliphatic carbocycles. The van der Waals surface area contributed by atoms with E-state index < -0.39 is 30.2 Å². The topological polar surface area (TPSA) is 84.5 Å². The summed E-state index contributed by atoms with van der Waals surface area (Å²) in [6.45, 7) is -0.945. The number of anilines is 1. The number of hydrogen-bond donors (Lipinski definition) is 2. The number of esters is 1. The zero-order chi connectivity index (χ0) is 17.5. The van der Waals surface area contributed by atoms with Crippen LogP contribution in [0.4, 0.5) is 10.1 Å². The molecule has 0 unspecified atom stereocenters. The zero-order valence-electron chi connectivity index (χ0n) is 12.2. The van der Waals surface area contributed by atoms with E-state index >= 15 is 0 Å². The minimum atomic E-state index is -0.772. The van der Waals surface area contributed by atoms with Crippen LogP contribution in [0.5, 0.6) is 0 Å². The maximum atomic E-state index is 13.6. The normalized spacial score (nSPS) is 10.1. The van der Waals surface area contributed by atoms with Crippen LogP contribution in [0.25, 0.3) is 0 Å². The van der Waals surface area contributed by atoms with E-state index in [1.807, 2.05) is 0 Å². The highest BCUT2D eigenvalue weighted by atomic mass is 79.9. The molecule has 2 rings (SSSR count). The van der Waals surface area contributed by atoms with Gasteiger partial charge in [-0.05, 0) is 29.6 Å². The lowest BCUT2D eigenvalue weighted by atomic mass is 10.3. The number of hydrogen-bond acceptors (Lipinski definition) is 5. The number of halogens is 2. The summed E-state index contributed by atoms with van der Waals surface area (Å²) in [5.74, 6) is -2.48. The lowest BCUT2D eigenvalue weighted by molar-refractivity contribution is -0.146. The Balaban J connectivity index is 1.73. The average molecular weight is 415 g/mol. The first-order valence-electron chi connectivity index (χ1n) is 6.68. The second kappa shape index (κ2) is 8.55. The molecular weight excluding hydrogens is 403 g/mol. The van der Waals surface area contributed by atoms with Gasteiger partial charge in [0.2, 0.25) is 0 Å². The van der Waals surface area contributed by atoms with Gasteiger partial charge in [0.15, 0.2) is 6.61 Å². The molecule has 1 aromatic heterocycles. The summed E-state index contributed by atoms with van der Waals surface area (Å²) >= 11 is 4.34. The Morgan fingerprint density at radius 3 is 2.71 bits per heavy atom. The molecule has 0 saturated carbocycles. The first kappa shape index (κ1) is 18.1. The smallest absolute Gasteiger partial charge is 0.325 e. The molecule has 1 heterocycles. The molecule has 2 amide bonds. The van der Waals surface area contributed by atoms with Crippen molar-refractivity contribution in [3.63, 3.8) is 0 Å². The minimum absolute atomic E-state index is 0.0229. The number of carbonyl (C=O) groups is 3. The standard InChI is InChI=1S/C15H12BrFN2O4S/c16-9-3-4-11(10(17)6-9)19-13(20)8-23-14(21)7-18-15(22)12-2-1-5-24-12/h1-6H,7-8H2,(H,18,22)(H,19,20). The molecule has 0 bridgehead atoms. The third kappa shape index (κ3) is 5.43. The highest BCUT2D eigenvalue weighted by molar-refractivity contribution is 9.10. The van der Waals surface area contributed by atoms with E-state index in [1.54, 1.807) is 23.6 Å². The van der Waals surface area contributed by atoms with E-state index in [4.69, 9.17) is 4.74 Å². The molecule has 0 fully saturated rings. The Hall–Kier alpha value is -2.26. The molecule has 2 aromatic rings. The van der Waals surface area contributed by atoms with Gasteiger partial charge in [0.25, 0.3) is 11.8 Å². The molecular formula is C15H12BrFN2O4S. The van der Waals surface area contributed by atoms with E-state index in [0.717, 1.165) is 0 Å². The van der Waals surface area contributed by atoms with Crippen LogP contribution in [0.2, 0.25) is 0 Å². The highest BCUT2D eigenvalue weighted by Crippen LogP contribution is 2.19. The first-order chi connectivity index (χ1) is 11.5. The summed E-state index contributed by atoms with van der Waals surface area (Å²) in [5.41, 5.74) is -0.0229. The number of rotatable bonds is 6. The summed E-state index contributed by atoms with van der Waals surface area (Å²) in [5, 5.41) is 6.39. The van der Waals surface area contributed by atoms with Gasteiger partial charge in [0, 0.05) is 4.47 Å². The maximum absolute atomic E-state index is 13.6. The van der Waals surface area contributed by atoms with Gasteiger partial charge < -0.3 is 15.4 Å². The van der Waals surface area contributed by atoms with Crippen molar-refractivity contribution in [3.05, 3.63) is 50.9 Å². The van der Waals surface area contributed by atoms with E-state index in [9.17, 15) is 18.8 Å². The van der Waals surface area contributed by atoms with Crippen molar-refractivity contribution < 1.29 is 23.5 Å². The molecule has 6 nitrogen and oxygen atoms in total. The van der Waals surface area contributed by atoms with Gasteiger partial charge in [0.1, 0.15) is 12.4 Å². The summed E-state index contributed by atoms with van der Waals surface area (Å²) < 4.78 is 18.8. The van der Waals surface area contributed by atoms with Crippen molar-refractivity contribution in [1.82, 2.24) is 5.32 Å². The van der Waals surface area contributed by atoms with Crippen LogP contribution >= 0.6 is 27.3 Å². The molecule has 0 saturated heterocycles.